The molecule has 25 heavy (non-hydrogen) atoms. The van der Waals surface area contributed by atoms with Gasteiger partial charge in [-0.1, -0.05) is 11.8 Å². The fourth-order valence-corrected chi connectivity index (χ4v) is 3.00. The molecule has 9 heteroatoms. The van der Waals surface area contributed by atoms with Gasteiger partial charge in [0, 0.05) is 0 Å². The minimum atomic E-state index is -0.781. The Bertz CT molecular complexity index is 915. The molecule has 0 fully saturated rings. The van der Waals surface area contributed by atoms with Crippen molar-refractivity contribution in [3.8, 4) is 11.4 Å². The summed E-state index contributed by atoms with van der Waals surface area (Å²) >= 11 is 1.02. The number of thioether (sulfide) groups is 1. The molecule has 0 aliphatic carbocycles. The number of phenolic OH excluding ortho intramolecular Hbond substituents is 1. The minimum Gasteiger partial charge on any atom is -0.508 e. The topological polar surface area (TPSA) is 80.9 Å². The van der Waals surface area contributed by atoms with E-state index in [0.717, 1.165) is 30.0 Å². The zero-order valence-electron chi connectivity index (χ0n) is 12.9. The van der Waals surface area contributed by atoms with Crippen LogP contribution in [0.1, 0.15) is 17.3 Å². The second-order valence-corrected chi connectivity index (χ2v) is 6.45. The first-order chi connectivity index (χ1) is 12.0. The summed E-state index contributed by atoms with van der Waals surface area (Å²) in [5.74, 6) is -1.94. The summed E-state index contributed by atoms with van der Waals surface area (Å²) < 4.78 is 28.4. The van der Waals surface area contributed by atoms with Gasteiger partial charge in [-0.15, -0.1) is 5.10 Å². The second kappa shape index (κ2) is 6.98. The third-order valence-electron chi connectivity index (χ3n) is 3.38. The number of hydrogen-bond acceptors (Lipinski definition) is 6. The van der Waals surface area contributed by atoms with E-state index >= 15 is 0 Å². The van der Waals surface area contributed by atoms with Crippen LogP contribution in [0.5, 0.6) is 5.75 Å². The number of benzene rings is 2. The summed E-state index contributed by atoms with van der Waals surface area (Å²) in [5.41, 5.74) is 0.269. The van der Waals surface area contributed by atoms with Gasteiger partial charge in [-0.2, -0.15) is 4.68 Å². The first kappa shape index (κ1) is 17.0. The number of Topliss-reactive ketones (excluding diaryl/α,β-unsaturated/α-hetero) is 1. The normalized spacial score (nSPS) is 12.1. The van der Waals surface area contributed by atoms with Gasteiger partial charge in [-0.25, -0.2) is 8.78 Å². The summed E-state index contributed by atoms with van der Waals surface area (Å²) in [4.78, 5) is 12.4. The average molecular weight is 362 g/mol. The smallest absolute Gasteiger partial charge is 0.214 e. The van der Waals surface area contributed by atoms with E-state index in [1.165, 1.54) is 16.8 Å². The van der Waals surface area contributed by atoms with Crippen molar-refractivity contribution in [2.24, 2.45) is 0 Å². The number of carbonyl (C=O) groups is 1. The number of aromatic hydroxyl groups is 1. The predicted octanol–water partition coefficient (Wildman–Crippen LogP) is 3.01. The molecule has 0 radical (unpaired) electrons. The Kier molecular flexibility index (Phi) is 4.75. The van der Waals surface area contributed by atoms with Crippen molar-refractivity contribution in [2.75, 3.05) is 0 Å². The van der Waals surface area contributed by atoms with Crippen molar-refractivity contribution in [1.82, 2.24) is 20.2 Å². The van der Waals surface area contributed by atoms with Crippen molar-refractivity contribution >= 4 is 17.5 Å². The molecule has 0 saturated carbocycles. The van der Waals surface area contributed by atoms with Crippen LogP contribution in [0.25, 0.3) is 5.69 Å². The number of carbonyl (C=O) groups excluding carboxylic acids is 1. The highest BCUT2D eigenvalue weighted by atomic mass is 32.2. The van der Waals surface area contributed by atoms with E-state index < -0.39 is 22.7 Å². The Labute approximate surface area is 145 Å². The fraction of sp³-hybridized carbons (Fsp3) is 0.125. The summed E-state index contributed by atoms with van der Waals surface area (Å²) in [6, 6.07) is 8.90. The summed E-state index contributed by atoms with van der Waals surface area (Å²) in [6.07, 6.45) is 0. The number of aromatic nitrogens is 4. The number of halogens is 2. The molecule has 0 spiro atoms. The molecule has 1 unspecified atom stereocenters. The molecule has 0 aliphatic rings. The molecule has 1 atom stereocenters. The average Bonchev–Trinajstić information content (AvgIpc) is 3.05. The van der Waals surface area contributed by atoms with Gasteiger partial charge in [-0.3, -0.25) is 4.79 Å². The molecule has 0 saturated heterocycles. The fourth-order valence-electron chi connectivity index (χ4n) is 2.13. The zero-order chi connectivity index (χ0) is 18.0. The number of phenols is 1. The molecule has 6 nitrogen and oxygen atoms in total. The van der Waals surface area contributed by atoms with Crippen LogP contribution in [-0.2, 0) is 0 Å². The molecular weight excluding hydrogens is 350 g/mol. The lowest BCUT2D eigenvalue weighted by Crippen LogP contribution is -2.16. The highest BCUT2D eigenvalue weighted by Gasteiger charge is 2.23. The molecule has 1 aromatic heterocycles. The molecule has 2 aromatic carbocycles. The highest BCUT2D eigenvalue weighted by molar-refractivity contribution is 8.00. The Morgan fingerprint density at radius 2 is 1.92 bits per heavy atom. The standard InChI is InChI=1S/C16H12F2N4O2S/c1-9(15(24)13-8-10(17)2-7-14(13)18)25-16-19-20-21-22(16)11-3-5-12(23)6-4-11/h2-9,23H,1H3. The Morgan fingerprint density at radius 1 is 1.20 bits per heavy atom. The SMILES string of the molecule is CC(Sc1nnnn1-c1ccc(O)cc1)C(=O)c1cc(F)ccc1F. The summed E-state index contributed by atoms with van der Waals surface area (Å²) in [6.45, 7) is 1.56. The number of nitrogens with zero attached hydrogens (tertiary/aromatic N) is 4. The van der Waals surface area contributed by atoms with Crippen LogP contribution in [0.2, 0.25) is 0 Å². The number of hydrogen-bond donors (Lipinski definition) is 1. The molecule has 3 aromatic rings. The van der Waals surface area contributed by atoms with Crippen LogP contribution in [0, 0.1) is 11.6 Å². The summed E-state index contributed by atoms with van der Waals surface area (Å²) in [7, 11) is 0. The van der Waals surface area contributed by atoms with Crippen LogP contribution in [0.4, 0.5) is 8.78 Å². The minimum absolute atomic E-state index is 0.0937. The van der Waals surface area contributed by atoms with E-state index in [0.29, 0.717) is 10.8 Å². The third kappa shape index (κ3) is 3.66. The maximum absolute atomic E-state index is 13.8. The molecular formula is C16H12F2N4O2S. The van der Waals surface area contributed by atoms with E-state index in [1.54, 1.807) is 19.1 Å². The number of ketones is 1. The molecule has 1 N–H and O–H groups in total. The Hall–Kier alpha value is -2.81. The van der Waals surface area contributed by atoms with Crippen LogP contribution in [0.15, 0.2) is 47.6 Å². The van der Waals surface area contributed by atoms with Crippen LogP contribution >= 0.6 is 11.8 Å². The van der Waals surface area contributed by atoms with Gasteiger partial charge in [0.1, 0.15) is 17.4 Å². The van der Waals surface area contributed by atoms with Crippen LogP contribution in [-0.4, -0.2) is 36.3 Å². The molecule has 3 rings (SSSR count). The van der Waals surface area contributed by atoms with Crippen molar-refractivity contribution < 1.29 is 18.7 Å². The van der Waals surface area contributed by atoms with E-state index in [9.17, 15) is 18.7 Å². The lowest BCUT2D eigenvalue weighted by molar-refractivity contribution is 0.0989. The van der Waals surface area contributed by atoms with Crippen molar-refractivity contribution in [1.29, 1.82) is 0 Å². The molecule has 128 valence electrons. The van der Waals surface area contributed by atoms with Gasteiger partial charge in [0.25, 0.3) is 0 Å². The van der Waals surface area contributed by atoms with E-state index in [2.05, 4.69) is 15.5 Å². The van der Waals surface area contributed by atoms with E-state index in [4.69, 9.17) is 0 Å². The monoisotopic (exact) mass is 362 g/mol. The van der Waals surface area contributed by atoms with Crippen molar-refractivity contribution in [3.63, 3.8) is 0 Å². The quantitative estimate of drug-likeness (QED) is 0.555. The predicted molar refractivity (Wildman–Crippen MR) is 86.8 cm³/mol. The molecule has 0 amide bonds. The van der Waals surface area contributed by atoms with Gasteiger partial charge in [0.05, 0.1) is 16.5 Å². The molecule has 0 aliphatic heterocycles. The van der Waals surface area contributed by atoms with E-state index in [-0.39, 0.29) is 11.3 Å². The number of rotatable bonds is 5. The van der Waals surface area contributed by atoms with Crippen LogP contribution in [0.3, 0.4) is 0 Å². The Balaban J connectivity index is 1.83. The highest BCUT2D eigenvalue weighted by Crippen LogP contribution is 2.26. The Morgan fingerprint density at radius 3 is 2.64 bits per heavy atom. The first-order valence-electron chi connectivity index (χ1n) is 7.19. The lowest BCUT2D eigenvalue weighted by atomic mass is 10.1. The van der Waals surface area contributed by atoms with E-state index in [1.807, 2.05) is 0 Å². The summed E-state index contributed by atoms with van der Waals surface area (Å²) in [5, 5.41) is 20.2. The van der Waals surface area contributed by atoms with Crippen molar-refractivity contribution in [3.05, 3.63) is 59.7 Å². The van der Waals surface area contributed by atoms with Crippen LogP contribution < -0.4 is 0 Å². The van der Waals surface area contributed by atoms with Gasteiger partial charge in [-0.05, 0) is 59.8 Å². The van der Waals surface area contributed by atoms with Crippen molar-refractivity contribution in [2.45, 2.75) is 17.3 Å². The van der Waals surface area contributed by atoms with Gasteiger partial charge in [0.15, 0.2) is 5.78 Å². The van der Waals surface area contributed by atoms with Gasteiger partial charge in [0.2, 0.25) is 5.16 Å². The van der Waals surface area contributed by atoms with Gasteiger partial charge < -0.3 is 5.11 Å². The third-order valence-corrected chi connectivity index (χ3v) is 4.41. The second-order valence-electron chi connectivity index (χ2n) is 5.14. The maximum Gasteiger partial charge on any atom is 0.214 e. The molecule has 1 heterocycles. The molecule has 0 bridgehead atoms. The number of tetrazole rings is 1. The lowest BCUT2D eigenvalue weighted by Gasteiger charge is -2.11. The van der Waals surface area contributed by atoms with Gasteiger partial charge >= 0.3 is 0 Å². The first-order valence-corrected chi connectivity index (χ1v) is 8.07. The maximum atomic E-state index is 13.8. The largest absolute Gasteiger partial charge is 0.508 e. The zero-order valence-corrected chi connectivity index (χ0v) is 13.7.